The molecule has 1 heterocycles. The molecular formula is C16H25NO3. The molecule has 1 amide bonds. The van der Waals surface area contributed by atoms with Crippen molar-refractivity contribution >= 4 is 11.9 Å². The molecule has 0 atom stereocenters. The predicted octanol–water partition coefficient (Wildman–Crippen LogP) is 3.15. The maximum absolute atomic E-state index is 12.1. The minimum absolute atomic E-state index is 0.110. The Morgan fingerprint density at radius 3 is 2.45 bits per heavy atom. The molecule has 0 aromatic heterocycles. The van der Waals surface area contributed by atoms with Gasteiger partial charge in [0, 0.05) is 19.2 Å². The van der Waals surface area contributed by atoms with Crippen molar-refractivity contribution in [1.82, 2.24) is 4.90 Å². The Balaban J connectivity index is 2.56. The number of rotatable bonds is 8. The Morgan fingerprint density at radius 1 is 1.15 bits per heavy atom. The highest BCUT2D eigenvalue weighted by molar-refractivity contribution is 5.82. The standard InChI is InChI=1S/C16H25NO3/c1-2-3-4-5-8-14(9-10-16(19)20)13-15(18)17-11-6-7-12-17/h8-10H,2-7,11-13H2,1H3,(H,19,20)/b10-9+,14-8-. The zero-order valence-electron chi connectivity index (χ0n) is 12.3. The summed E-state index contributed by atoms with van der Waals surface area (Å²) < 4.78 is 0. The van der Waals surface area contributed by atoms with Crippen LogP contribution in [0.2, 0.25) is 0 Å². The molecule has 1 aliphatic rings. The van der Waals surface area contributed by atoms with Crippen molar-refractivity contribution in [3.05, 3.63) is 23.8 Å². The Bertz CT molecular complexity index is 379. The third-order valence-electron chi connectivity index (χ3n) is 3.47. The van der Waals surface area contributed by atoms with Gasteiger partial charge in [-0.05, 0) is 31.3 Å². The average molecular weight is 279 g/mol. The number of likely N-dealkylation sites (tertiary alicyclic amines) is 1. The van der Waals surface area contributed by atoms with Crippen LogP contribution in [0.5, 0.6) is 0 Å². The number of aliphatic carboxylic acids is 1. The number of carbonyl (C=O) groups excluding carboxylic acids is 1. The average Bonchev–Trinajstić information content (AvgIpc) is 2.94. The molecule has 1 saturated heterocycles. The highest BCUT2D eigenvalue weighted by Crippen LogP contribution is 2.14. The summed E-state index contributed by atoms with van der Waals surface area (Å²) in [6.45, 7) is 3.82. The smallest absolute Gasteiger partial charge is 0.328 e. The van der Waals surface area contributed by atoms with Crippen LogP contribution in [0.4, 0.5) is 0 Å². The lowest BCUT2D eigenvalue weighted by Gasteiger charge is -2.15. The molecule has 0 aromatic rings. The SMILES string of the molecule is CCCCC/C=C(/C=C/C(=O)O)CC(=O)N1CCCC1. The van der Waals surface area contributed by atoms with E-state index in [4.69, 9.17) is 5.11 Å². The number of hydrogen-bond acceptors (Lipinski definition) is 2. The minimum atomic E-state index is -0.974. The molecule has 1 aliphatic heterocycles. The Hall–Kier alpha value is -1.58. The Labute approximate surface area is 121 Å². The molecule has 1 fully saturated rings. The first-order chi connectivity index (χ1) is 9.63. The third kappa shape index (κ3) is 6.55. The van der Waals surface area contributed by atoms with E-state index in [0.717, 1.165) is 63.3 Å². The van der Waals surface area contributed by atoms with E-state index in [1.807, 2.05) is 11.0 Å². The van der Waals surface area contributed by atoms with Gasteiger partial charge in [0.1, 0.15) is 0 Å². The number of allylic oxidation sites excluding steroid dienone is 2. The third-order valence-corrected chi connectivity index (χ3v) is 3.47. The van der Waals surface area contributed by atoms with Crippen molar-refractivity contribution < 1.29 is 14.7 Å². The summed E-state index contributed by atoms with van der Waals surface area (Å²) in [4.78, 5) is 24.6. The van der Waals surface area contributed by atoms with Crippen molar-refractivity contribution in [2.45, 2.75) is 51.9 Å². The van der Waals surface area contributed by atoms with E-state index in [-0.39, 0.29) is 5.91 Å². The first-order valence-electron chi connectivity index (χ1n) is 7.51. The van der Waals surface area contributed by atoms with Crippen molar-refractivity contribution in [1.29, 1.82) is 0 Å². The van der Waals surface area contributed by atoms with E-state index >= 15 is 0 Å². The second kappa shape index (κ2) is 9.34. The van der Waals surface area contributed by atoms with Gasteiger partial charge in [0.25, 0.3) is 0 Å². The lowest BCUT2D eigenvalue weighted by atomic mass is 10.1. The minimum Gasteiger partial charge on any atom is -0.478 e. The van der Waals surface area contributed by atoms with Crippen LogP contribution in [0.15, 0.2) is 23.8 Å². The van der Waals surface area contributed by atoms with Crippen molar-refractivity contribution in [2.75, 3.05) is 13.1 Å². The molecule has 0 bridgehead atoms. The first-order valence-corrected chi connectivity index (χ1v) is 7.51. The molecule has 0 spiro atoms. The van der Waals surface area contributed by atoms with E-state index in [0.29, 0.717) is 6.42 Å². The topological polar surface area (TPSA) is 57.6 Å². The van der Waals surface area contributed by atoms with E-state index in [9.17, 15) is 9.59 Å². The van der Waals surface area contributed by atoms with E-state index in [2.05, 4.69) is 6.92 Å². The van der Waals surface area contributed by atoms with Crippen LogP contribution < -0.4 is 0 Å². The van der Waals surface area contributed by atoms with Gasteiger partial charge in [-0.15, -0.1) is 0 Å². The van der Waals surface area contributed by atoms with Gasteiger partial charge in [-0.3, -0.25) is 4.79 Å². The summed E-state index contributed by atoms with van der Waals surface area (Å²) in [6, 6.07) is 0. The maximum atomic E-state index is 12.1. The fourth-order valence-electron chi connectivity index (χ4n) is 2.31. The molecule has 112 valence electrons. The highest BCUT2D eigenvalue weighted by Gasteiger charge is 2.18. The molecule has 4 nitrogen and oxygen atoms in total. The van der Waals surface area contributed by atoms with Crippen LogP contribution in [0.25, 0.3) is 0 Å². The van der Waals surface area contributed by atoms with Gasteiger partial charge in [0.05, 0.1) is 6.42 Å². The van der Waals surface area contributed by atoms with Crippen LogP contribution in [0.1, 0.15) is 51.9 Å². The van der Waals surface area contributed by atoms with Gasteiger partial charge in [-0.25, -0.2) is 4.79 Å². The van der Waals surface area contributed by atoms with Crippen molar-refractivity contribution in [3.63, 3.8) is 0 Å². The van der Waals surface area contributed by atoms with Crippen LogP contribution in [-0.2, 0) is 9.59 Å². The fraction of sp³-hybridized carbons (Fsp3) is 0.625. The Morgan fingerprint density at radius 2 is 1.85 bits per heavy atom. The zero-order chi connectivity index (χ0) is 14.8. The van der Waals surface area contributed by atoms with Crippen LogP contribution >= 0.6 is 0 Å². The van der Waals surface area contributed by atoms with Gasteiger partial charge < -0.3 is 10.0 Å². The molecule has 0 aliphatic carbocycles. The second-order valence-electron chi connectivity index (χ2n) is 5.21. The summed E-state index contributed by atoms with van der Waals surface area (Å²) in [5.41, 5.74) is 0.820. The lowest BCUT2D eigenvalue weighted by molar-refractivity contribution is -0.131. The summed E-state index contributed by atoms with van der Waals surface area (Å²) >= 11 is 0. The lowest BCUT2D eigenvalue weighted by Crippen LogP contribution is -2.27. The van der Waals surface area contributed by atoms with Gasteiger partial charge >= 0.3 is 5.97 Å². The molecule has 1 N–H and O–H groups in total. The molecule has 4 heteroatoms. The number of hydrogen-bond donors (Lipinski definition) is 1. The predicted molar refractivity (Wildman–Crippen MR) is 79.4 cm³/mol. The number of carboxylic acid groups (broad SMARTS) is 1. The normalized spacial score (nSPS) is 16.1. The summed E-state index contributed by atoms with van der Waals surface area (Å²) in [6.07, 6.45) is 11.4. The first kappa shape index (κ1) is 16.5. The van der Waals surface area contributed by atoms with Crippen molar-refractivity contribution in [3.8, 4) is 0 Å². The molecule has 0 saturated carbocycles. The molecule has 20 heavy (non-hydrogen) atoms. The fourth-order valence-corrected chi connectivity index (χ4v) is 2.31. The van der Waals surface area contributed by atoms with E-state index in [1.165, 1.54) is 0 Å². The highest BCUT2D eigenvalue weighted by atomic mass is 16.4. The number of amides is 1. The molecule has 0 unspecified atom stereocenters. The van der Waals surface area contributed by atoms with Crippen LogP contribution in [0.3, 0.4) is 0 Å². The monoisotopic (exact) mass is 279 g/mol. The van der Waals surface area contributed by atoms with Gasteiger partial charge in [0.15, 0.2) is 0 Å². The van der Waals surface area contributed by atoms with Gasteiger partial charge in [-0.2, -0.15) is 0 Å². The largest absolute Gasteiger partial charge is 0.478 e. The van der Waals surface area contributed by atoms with Gasteiger partial charge in [-0.1, -0.05) is 31.9 Å². The number of carbonyl (C=O) groups is 2. The summed E-state index contributed by atoms with van der Waals surface area (Å²) in [5.74, 6) is -0.864. The van der Waals surface area contributed by atoms with Crippen molar-refractivity contribution in [2.24, 2.45) is 0 Å². The molecule has 0 radical (unpaired) electrons. The quantitative estimate of drug-likeness (QED) is 0.422. The summed E-state index contributed by atoms with van der Waals surface area (Å²) in [7, 11) is 0. The molecule has 0 aromatic carbocycles. The van der Waals surface area contributed by atoms with Gasteiger partial charge in [0.2, 0.25) is 5.91 Å². The second-order valence-corrected chi connectivity index (χ2v) is 5.21. The Kier molecular flexibility index (Phi) is 7.70. The summed E-state index contributed by atoms with van der Waals surface area (Å²) in [5, 5.41) is 8.71. The number of unbranched alkanes of at least 4 members (excludes halogenated alkanes) is 3. The number of nitrogens with zero attached hydrogens (tertiary/aromatic N) is 1. The number of carboxylic acids is 1. The molecular weight excluding hydrogens is 254 g/mol. The van der Waals surface area contributed by atoms with Crippen LogP contribution in [-0.4, -0.2) is 35.0 Å². The zero-order valence-corrected chi connectivity index (χ0v) is 12.3. The van der Waals surface area contributed by atoms with E-state index < -0.39 is 5.97 Å². The van der Waals surface area contributed by atoms with Crippen LogP contribution in [0, 0.1) is 0 Å². The maximum Gasteiger partial charge on any atom is 0.328 e. The molecule has 1 rings (SSSR count). The van der Waals surface area contributed by atoms with E-state index in [1.54, 1.807) is 6.08 Å².